The van der Waals surface area contributed by atoms with Crippen molar-refractivity contribution in [3.05, 3.63) is 99.9 Å². The number of aromatic hydroxyl groups is 1. The normalized spacial score (nSPS) is 11.5. The Bertz CT molecular complexity index is 1440. The number of ketones is 1. The lowest BCUT2D eigenvalue weighted by Gasteiger charge is -2.13. The van der Waals surface area contributed by atoms with E-state index in [0.717, 1.165) is 0 Å². The molecular weight excluding hydrogens is 420 g/mol. The second-order valence-corrected chi connectivity index (χ2v) is 7.17. The van der Waals surface area contributed by atoms with Crippen molar-refractivity contribution in [2.45, 2.75) is 6.92 Å². The number of nitrogens with zero attached hydrogens (tertiary/aromatic N) is 2. The zero-order chi connectivity index (χ0) is 23.4. The Balaban J connectivity index is 1.93. The highest BCUT2D eigenvalue weighted by atomic mass is 16.5. The molecule has 0 aliphatic rings. The van der Waals surface area contributed by atoms with Crippen LogP contribution in [0.15, 0.2) is 92.2 Å². The molecule has 0 aliphatic carbocycles. The summed E-state index contributed by atoms with van der Waals surface area (Å²) in [6.07, 6.45) is 2.69. The van der Waals surface area contributed by atoms with E-state index in [1.54, 1.807) is 55.5 Å². The van der Waals surface area contributed by atoms with Gasteiger partial charge in [-0.15, -0.1) is 5.11 Å². The van der Waals surface area contributed by atoms with E-state index in [-0.39, 0.29) is 44.9 Å². The molecule has 0 spiro atoms. The molecule has 0 unspecified atom stereocenters. The summed E-state index contributed by atoms with van der Waals surface area (Å²) in [6, 6.07) is 18.9. The molecule has 0 atom stereocenters. The Morgan fingerprint density at radius 2 is 1.70 bits per heavy atom. The number of phenols is 1. The average Bonchev–Trinajstić information content (AvgIpc) is 2.83. The number of ether oxygens (including phenoxy) is 1. The predicted octanol–water partition coefficient (Wildman–Crippen LogP) is 6.13. The maximum Gasteiger partial charge on any atom is 0.196 e. The smallest absolute Gasteiger partial charge is 0.196 e. The number of methoxy groups -OCH3 is 1. The Hall–Kier alpha value is -4.52. The van der Waals surface area contributed by atoms with Gasteiger partial charge in [-0.3, -0.25) is 9.59 Å². The van der Waals surface area contributed by atoms with Crippen molar-refractivity contribution in [2.75, 3.05) is 7.11 Å². The molecule has 0 amide bonds. The summed E-state index contributed by atoms with van der Waals surface area (Å²) in [5, 5.41) is 19.5. The largest absolute Gasteiger partial charge is 0.505 e. The van der Waals surface area contributed by atoms with Crippen LogP contribution in [0.3, 0.4) is 0 Å². The third-order valence-electron chi connectivity index (χ3n) is 4.92. The van der Waals surface area contributed by atoms with Gasteiger partial charge >= 0.3 is 0 Å². The van der Waals surface area contributed by atoms with Crippen molar-refractivity contribution in [3.63, 3.8) is 0 Å². The zero-order valence-corrected chi connectivity index (χ0v) is 18.0. The number of hydrogen-bond acceptors (Lipinski definition) is 7. The summed E-state index contributed by atoms with van der Waals surface area (Å²) in [7, 11) is 1.37. The van der Waals surface area contributed by atoms with E-state index < -0.39 is 0 Å². The van der Waals surface area contributed by atoms with Crippen molar-refractivity contribution < 1.29 is 19.1 Å². The number of aryl methyl sites for hydroxylation is 1. The fraction of sp³-hybridized carbons (Fsp3) is 0.0769. The quantitative estimate of drug-likeness (QED) is 0.221. The molecule has 0 fully saturated rings. The van der Waals surface area contributed by atoms with Gasteiger partial charge in [-0.2, -0.15) is 5.11 Å². The van der Waals surface area contributed by atoms with Crippen LogP contribution in [0.1, 0.15) is 21.7 Å². The number of carbonyl (C=O) groups excluding carboxylic acids is 1. The van der Waals surface area contributed by atoms with Crippen LogP contribution in [0, 0.1) is 6.92 Å². The fourth-order valence-corrected chi connectivity index (χ4v) is 3.39. The molecule has 0 bridgehead atoms. The molecule has 0 radical (unpaired) electrons. The number of fused-ring (bicyclic) bond motifs is 1. The van der Waals surface area contributed by atoms with E-state index in [9.17, 15) is 14.7 Å². The summed E-state index contributed by atoms with van der Waals surface area (Å²) < 4.78 is 11.2. The molecule has 0 saturated heterocycles. The van der Waals surface area contributed by atoms with E-state index in [1.807, 2.05) is 12.1 Å². The minimum absolute atomic E-state index is 0.0396. The van der Waals surface area contributed by atoms with Gasteiger partial charge in [-0.25, -0.2) is 0 Å². The predicted molar refractivity (Wildman–Crippen MR) is 126 cm³/mol. The van der Waals surface area contributed by atoms with Crippen molar-refractivity contribution in [1.82, 2.24) is 0 Å². The lowest BCUT2D eigenvalue weighted by atomic mass is 10.0. The minimum Gasteiger partial charge on any atom is -0.505 e. The monoisotopic (exact) mass is 440 g/mol. The molecule has 164 valence electrons. The summed E-state index contributed by atoms with van der Waals surface area (Å²) in [5.74, 6) is -0.190. The maximum atomic E-state index is 12.8. The Morgan fingerprint density at radius 3 is 2.36 bits per heavy atom. The molecular formula is C26H20N2O5. The van der Waals surface area contributed by atoms with Crippen LogP contribution in [-0.4, -0.2) is 18.0 Å². The van der Waals surface area contributed by atoms with Gasteiger partial charge in [0.1, 0.15) is 16.9 Å². The molecule has 4 aromatic rings. The first-order valence-corrected chi connectivity index (χ1v) is 10.1. The zero-order valence-electron chi connectivity index (χ0n) is 18.0. The summed E-state index contributed by atoms with van der Waals surface area (Å²) in [4.78, 5) is 25.4. The molecule has 7 heteroatoms. The Morgan fingerprint density at radius 1 is 1.03 bits per heavy atom. The van der Waals surface area contributed by atoms with E-state index in [0.29, 0.717) is 17.0 Å². The van der Waals surface area contributed by atoms with Crippen LogP contribution in [0.2, 0.25) is 0 Å². The van der Waals surface area contributed by atoms with Crippen molar-refractivity contribution in [1.29, 1.82) is 0 Å². The van der Waals surface area contributed by atoms with Gasteiger partial charge < -0.3 is 14.3 Å². The van der Waals surface area contributed by atoms with Gasteiger partial charge in [0, 0.05) is 11.6 Å². The Kier molecular flexibility index (Phi) is 6.13. The van der Waals surface area contributed by atoms with Gasteiger partial charge in [-0.05, 0) is 31.2 Å². The molecule has 0 saturated carbocycles. The minimum atomic E-state index is -0.370. The third-order valence-corrected chi connectivity index (χ3v) is 4.92. The number of benzene rings is 3. The second-order valence-electron chi connectivity index (χ2n) is 7.17. The highest BCUT2D eigenvalue weighted by molar-refractivity contribution is 6.08. The van der Waals surface area contributed by atoms with Crippen molar-refractivity contribution in [2.24, 2.45) is 10.2 Å². The third kappa shape index (κ3) is 4.43. The SMILES string of the molecule is COc1c(/C=C/C(=O)c2ccccc2)c(O)c(N=Nc2ccccc2)c2oc(C)cc(=O)c12. The molecule has 1 N–H and O–H groups in total. The summed E-state index contributed by atoms with van der Waals surface area (Å²) >= 11 is 0. The lowest BCUT2D eigenvalue weighted by Crippen LogP contribution is -2.04. The number of rotatable bonds is 6. The molecule has 0 aliphatic heterocycles. The van der Waals surface area contributed by atoms with Gasteiger partial charge in [0.15, 0.2) is 28.2 Å². The fourth-order valence-electron chi connectivity index (χ4n) is 3.39. The molecule has 33 heavy (non-hydrogen) atoms. The number of phenolic OH excluding ortho intramolecular Hbond substituents is 1. The van der Waals surface area contributed by atoms with Gasteiger partial charge in [-0.1, -0.05) is 48.5 Å². The van der Waals surface area contributed by atoms with E-state index in [2.05, 4.69) is 10.2 Å². The van der Waals surface area contributed by atoms with Crippen LogP contribution in [0.25, 0.3) is 17.0 Å². The van der Waals surface area contributed by atoms with Gasteiger partial charge in [0.05, 0.1) is 18.4 Å². The molecule has 4 rings (SSSR count). The van der Waals surface area contributed by atoms with Crippen LogP contribution >= 0.6 is 0 Å². The summed E-state index contributed by atoms with van der Waals surface area (Å²) in [6.45, 7) is 1.62. The molecule has 3 aromatic carbocycles. The molecule has 1 heterocycles. The highest BCUT2D eigenvalue weighted by Crippen LogP contribution is 2.45. The first-order valence-electron chi connectivity index (χ1n) is 10.1. The maximum absolute atomic E-state index is 12.8. The van der Waals surface area contributed by atoms with Gasteiger partial charge in [0.25, 0.3) is 0 Å². The number of hydrogen-bond donors (Lipinski definition) is 1. The van der Waals surface area contributed by atoms with E-state index in [4.69, 9.17) is 9.15 Å². The van der Waals surface area contributed by atoms with Crippen molar-refractivity contribution in [3.8, 4) is 11.5 Å². The van der Waals surface area contributed by atoms with Crippen LogP contribution < -0.4 is 10.2 Å². The average molecular weight is 440 g/mol. The summed E-state index contributed by atoms with van der Waals surface area (Å²) in [5.41, 5.74) is 0.778. The van der Waals surface area contributed by atoms with E-state index >= 15 is 0 Å². The first-order chi connectivity index (χ1) is 16.0. The van der Waals surface area contributed by atoms with Crippen LogP contribution in [0.4, 0.5) is 11.4 Å². The lowest BCUT2D eigenvalue weighted by molar-refractivity contribution is 0.104. The van der Waals surface area contributed by atoms with Crippen LogP contribution in [-0.2, 0) is 0 Å². The Labute approximate surface area is 189 Å². The topological polar surface area (TPSA) is 101 Å². The number of carbonyl (C=O) groups is 1. The first kappa shape index (κ1) is 21.7. The molecule has 7 nitrogen and oxygen atoms in total. The number of allylic oxidation sites excluding steroid dienone is 1. The van der Waals surface area contributed by atoms with Gasteiger partial charge in [0.2, 0.25) is 0 Å². The second kappa shape index (κ2) is 9.32. The van der Waals surface area contributed by atoms with E-state index in [1.165, 1.54) is 25.3 Å². The number of azo groups is 1. The highest BCUT2D eigenvalue weighted by Gasteiger charge is 2.23. The van der Waals surface area contributed by atoms with Crippen molar-refractivity contribution >= 4 is 34.2 Å². The molecule has 1 aromatic heterocycles. The standard InChI is InChI=1S/C26H20N2O5/c1-16-15-21(30)22-25(32-2)19(13-14-20(29)17-9-5-3-6-10-17)24(31)23(26(22)33-16)28-27-18-11-7-4-8-12-18/h3-15,31H,1-2H3/b14-13+,28-27?. The van der Waals surface area contributed by atoms with Crippen LogP contribution in [0.5, 0.6) is 11.5 Å².